The molecule has 168 valence electrons. The molecule has 1 heterocycles. The van der Waals surface area contributed by atoms with Gasteiger partial charge in [-0.25, -0.2) is 8.42 Å². The van der Waals surface area contributed by atoms with Gasteiger partial charge in [-0.1, -0.05) is 81.4 Å². The van der Waals surface area contributed by atoms with E-state index >= 15 is 0 Å². The largest absolute Gasteiger partial charge is 0.453 e. The molecule has 0 saturated carbocycles. The molecule has 0 aromatic heterocycles. The lowest BCUT2D eigenvalue weighted by molar-refractivity contribution is 0.321. The van der Waals surface area contributed by atoms with Crippen molar-refractivity contribution in [2.24, 2.45) is 0 Å². The highest BCUT2D eigenvalue weighted by Gasteiger charge is 2.38. The van der Waals surface area contributed by atoms with Crippen LogP contribution >= 0.6 is 0 Å². The van der Waals surface area contributed by atoms with E-state index in [-0.39, 0.29) is 11.3 Å². The third-order valence-corrected chi connectivity index (χ3v) is 7.80. The Hall–Kier alpha value is -2.46. The summed E-state index contributed by atoms with van der Waals surface area (Å²) in [5.41, 5.74) is 0.680. The summed E-state index contributed by atoms with van der Waals surface area (Å²) in [5, 5.41) is 0.692. The van der Waals surface area contributed by atoms with Crippen LogP contribution in [0, 0.1) is 0 Å². The smallest absolute Gasteiger partial charge is 0.309 e. The predicted molar refractivity (Wildman–Crippen MR) is 123 cm³/mol. The molecule has 0 unspecified atom stereocenters. The van der Waals surface area contributed by atoms with E-state index in [0.717, 1.165) is 0 Å². The third kappa shape index (κ3) is 6.51. The zero-order chi connectivity index (χ0) is 23.1. The van der Waals surface area contributed by atoms with Crippen LogP contribution in [0.1, 0.15) is 31.9 Å². The first-order chi connectivity index (χ1) is 14.6. The fourth-order valence-corrected chi connectivity index (χ4v) is 5.63. The fraction of sp³-hybridized carbons (Fsp3) is 0.273. The van der Waals surface area contributed by atoms with E-state index in [1.165, 1.54) is 31.8 Å². The number of benzene rings is 2. The summed E-state index contributed by atoms with van der Waals surface area (Å²) < 4.78 is 61.9. The summed E-state index contributed by atoms with van der Waals surface area (Å²) in [6, 6.07) is 16.2. The van der Waals surface area contributed by atoms with Crippen molar-refractivity contribution >= 4 is 31.5 Å². The highest BCUT2D eigenvalue weighted by molar-refractivity contribution is 8.14. The van der Waals surface area contributed by atoms with E-state index in [0.29, 0.717) is 11.0 Å². The maximum Gasteiger partial charge on any atom is 0.309 e. The number of hydrogen-bond donors (Lipinski definition) is 1. The van der Waals surface area contributed by atoms with Gasteiger partial charge in [0.15, 0.2) is 5.76 Å². The van der Waals surface area contributed by atoms with E-state index in [1.54, 1.807) is 48.5 Å². The number of hydrogen-bond acceptors (Lipinski definition) is 6. The average molecular weight is 466 g/mol. The molecule has 0 bridgehead atoms. The van der Waals surface area contributed by atoms with Crippen molar-refractivity contribution in [3.63, 3.8) is 0 Å². The molecule has 0 spiro atoms. The summed E-state index contributed by atoms with van der Waals surface area (Å²) in [6.45, 7) is 10.1. The molecule has 0 amide bonds. The van der Waals surface area contributed by atoms with Crippen molar-refractivity contribution < 1.29 is 26.1 Å². The van der Waals surface area contributed by atoms with Crippen molar-refractivity contribution in [1.82, 2.24) is 4.90 Å². The van der Waals surface area contributed by atoms with Crippen LogP contribution in [0.25, 0.3) is 11.5 Å². The molecule has 0 aliphatic carbocycles. The lowest BCUT2D eigenvalue weighted by Crippen LogP contribution is -2.21. The van der Waals surface area contributed by atoms with Gasteiger partial charge in [-0.05, 0) is 19.6 Å². The van der Waals surface area contributed by atoms with Crippen LogP contribution in [0.5, 0.6) is 0 Å². The number of ether oxygens (including phenoxy) is 1. The second-order valence-electron chi connectivity index (χ2n) is 6.57. The van der Waals surface area contributed by atoms with Crippen molar-refractivity contribution in [2.75, 3.05) is 19.6 Å². The first-order valence-electron chi connectivity index (χ1n) is 9.83. The SMILES string of the molecule is CCN(CC)CC.O=S(=O)(O)C1=C(c2ccccc2)OC(c2ccccc2)=CS1(=O)=O. The topological polar surface area (TPSA) is 101 Å². The quantitative estimate of drug-likeness (QED) is 0.644. The van der Waals surface area contributed by atoms with Gasteiger partial charge in [-0.2, -0.15) is 8.42 Å². The standard InChI is InChI=1S/C16H12O6S2.C6H15N/c17-23(18)11-14(12-7-3-1-4-8-12)22-15(16(23)24(19,20)21)13-9-5-2-6-10-13;1-4-7(5-2)6-3/h1-11H,(H,19,20,21);4-6H2,1-3H3. The van der Waals surface area contributed by atoms with Crippen molar-refractivity contribution in [1.29, 1.82) is 0 Å². The monoisotopic (exact) mass is 465 g/mol. The van der Waals surface area contributed by atoms with Gasteiger partial charge in [0.25, 0.3) is 0 Å². The summed E-state index contributed by atoms with van der Waals surface area (Å²) in [6.07, 6.45) is 0. The van der Waals surface area contributed by atoms with Crippen molar-refractivity contribution in [3.8, 4) is 0 Å². The molecule has 3 rings (SSSR count). The highest BCUT2D eigenvalue weighted by Crippen LogP contribution is 2.37. The van der Waals surface area contributed by atoms with Crippen LogP contribution in [0.3, 0.4) is 0 Å². The maximum atomic E-state index is 12.4. The molecule has 0 fully saturated rings. The van der Waals surface area contributed by atoms with Gasteiger partial charge < -0.3 is 9.64 Å². The van der Waals surface area contributed by atoms with Crippen LogP contribution in [0.4, 0.5) is 0 Å². The first-order valence-corrected chi connectivity index (χ1v) is 12.8. The highest BCUT2D eigenvalue weighted by atomic mass is 32.3. The molecule has 1 N–H and O–H groups in total. The number of sulfone groups is 1. The second kappa shape index (κ2) is 10.7. The Morgan fingerprint density at radius 3 is 1.68 bits per heavy atom. The first kappa shape index (κ1) is 24.8. The van der Waals surface area contributed by atoms with E-state index in [4.69, 9.17) is 4.74 Å². The Morgan fingerprint density at radius 1 is 0.839 bits per heavy atom. The molecule has 0 atom stereocenters. The minimum absolute atomic E-state index is 0.0261. The summed E-state index contributed by atoms with van der Waals surface area (Å²) in [7, 11) is -9.44. The molecule has 2 aromatic rings. The predicted octanol–water partition coefficient (Wildman–Crippen LogP) is 3.99. The summed E-state index contributed by atoms with van der Waals surface area (Å²) in [4.78, 5) is 2.38. The third-order valence-electron chi connectivity index (χ3n) is 4.59. The van der Waals surface area contributed by atoms with Crippen LogP contribution in [-0.2, 0) is 24.7 Å². The van der Waals surface area contributed by atoms with E-state index in [2.05, 4.69) is 25.7 Å². The molecule has 31 heavy (non-hydrogen) atoms. The molecular formula is C22H27NO6S2. The molecular weight excluding hydrogens is 438 g/mol. The molecule has 7 nitrogen and oxygen atoms in total. The fourth-order valence-electron chi connectivity index (χ4n) is 2.93. The van der Waals surface area contributed by atoms with Gasteiger partial charge in [0, 0.05) is 11.1 Å². The lowest BCUT2D eigenvalue weighted by Gasteiger charge is -2.20. The lowest BCUT2D eigenvalue weighted by atomic mass is 10.2. The Morgan fingerprint density at radius 2 is 1.29 bits per heavy atom. The Bertz CT molecular complexity index is 1130. The minimum atomic E-state index is -5.01. The molecule has 1 aliphatic heterocycles. The Kier molecular flexibility index (Phi) is 8.58. The van der Waals surface area contributed by atoms with Gasteiger partial charge in [-0.3, -0.25) is 4.55 Å². The zero-order valence-corrected chi connectivity index (χ0v) is 19.4. The molecule has 0 radical (unpaired) electrons. The maximum absolute atomic E-state index is 12.4. The van der Waals surface area contributed by atoms with Crippen molar-refractivity contribution in [3.05, 3.63) is 81.4 Å². The summed E-state index contributed by atoms with van der Waals surface area (Å²) >= 11 is 0. The van der Waals surface area contributed by atoms with Gasteiger partial charge in [-0.15, -0.1) is 0 Å². The van der Waals surface area contributed by atoms with Gasteiger partial charge >= 0.3 is 10.1 Å². The molecule has 1 aliphatic rings. The minimum Gasteiger partial charge on any atom is -0.453 e. The van der Waals surface area contributed by atoms with Crippen LogP contribution in [0.15, 0.2) is 70.3 Å². The normalized spacial score (nSPS) is 15.6. The van der Waals surface area contributed by atoms with Crippen molar-refractivity contribution in [2.45, 2.75) is 20.8 Å². The summed E-state index contributed by atoms with van der Waals surface area (Å²) in [5.74, 6) is -0.457. The van der Waals surface area contributed by atoms with Crippen LogP contribution in [0.2, 0.25) is 0 Å². The van der Waals surface area contributed by atoms with Gasteiger partial charge in [0.2, 0.25) is 14.1 Å². The Labute approximate surface area is 184 Å². The number of nitrogens with zero attached hydrogens (tertiary/aromatic N) is 1. The molecule has 0 saturated heterocycles. The van der Waals surface area contributed by atoms with Crippen LogP contribution in [-0.4, -0.2) is 45.9 Å². The van der Waals surface area contributed by atoms with E-state index in [9.17, 15) is 21.4 Å². The van der Waals surface area contributed by atoms with Crippen LogP contribution < -0.4 is 0 Å². The zero-order valence-electron chi connectivity index (χ0n) is 17.7. The second-order valence-corrected chi connectivity index (χ2v) is 9.92. The molecule has 2 aromatic carbocycles. The van der Waals surface area contributed by atoms with E-state index in [1.807, 2.05) is 0 Å². The number of rotatable bonds is 6. The van der Waals surface area contributed by atoms with E-state index < -0.39 is 30.0 Å². The average Bonchev–Trinajstić information content (AvgIpc) is 2.74. The Balaban J connectivity index is 0.000000423. The van der Waals surface area contributed by atoms with Gasteiger partial charge in [0.1, 0.15) is 5.76 Å². The molecule has 9 heteroatoms. The van der Waals surface area contributed by atoms with Gasteiger partial charge in [0.05, 0.1) is 5.41 Å².